The Hall–Kier alpha value is -3.94. The number of nitrogens with zero attached hydrogens (tertiary/aromatic N) is 4. The van der Waals surface area contributed by atoms with Crippen molar-refractivity contribution in [3.63, 3.8) is 0 Å². The van der Waals surface area contributed by atoms with Crippen LogP contribution in [0.3, 0.4) is 0 Å². The normalized spacial score (nSPS) is 13.3. The van der Waals surface area contributed by atoms with Crippen molar-refractivity contribution in [1.29, 1.82) is 0 Å². The molecule has 0 bridgehead atoms. The minimum absolute atomic E-state index is 0.00431. The van der Waals surface area contributed by atoms with Crippen LogP contribution in [0, 0.1) is 18.6 Å². The third kappa shape index (κ3) is 2.99. The molecule has 2 aromatic heterocycles. The molecule has 0 saturated heterocycles. The summed E-state index contributed by atoms with van der Waals surface area (Å²) in [6, 6.07) is 12.7. The second-order valence-electron chi connectivity index (χ2n) is 7.34. The molecule has 0 fully saturated rings. The van der Waals surface area contributed by atoms with Gasteiger partial charge in [-0.25, -0.2) is 18.4 Å². The third-order valence-electron chi connectivity index (χ3n) is 5.41. The zero-order valence-corrected chi connectivity index (χ0v) is 16.5. The quantitative estimate of drug-likeness (QED) is 0.472. The summed E-state index contributed by atoms with van der Waals surface area (Å²) in [7, 11) is 0. The van der Waals surface area contributed by atoms with Gasteiger partial charge in [-0.05, 0) is 31.0 Å². The average molecular weight is 418 g/mol. The molecular formula is C23H16F2N4O2. The number of carbonyl (C=O) groups is 2. The fourth-order valence-corrected chi connectivity index (χ4v) is 3.92. The maximum atomic E-state index is 14.4. The van der Waals surface area contributed by atoms with E-state index in [0.29, 0.717) is 17.5 Å². The van der Waals surface area contributed by atoms with Gasteiger partial charge in [0.15, 0.2) is 11.5 Å². The van der Waals surface area contributed by atoms with E-state index in [1.165, 1.54) is 21.8 Å². The van der Waals surface area contributed by atoms with Gasteiger partial charge < -0.3 is 0 Å². The summed E-state index contributed by atoms with van der Waals surface area (Å²) in [5, 5.41) is 4.71. The van der Waals surface area contributed by atoms with Crippen LogP contribution in [0.5, 0.6) is 0 Å². The van der Waals surface area contributed by atoms with E-state index in [0.717, 1.165) is 17.7 Å². The van der Waals surface area contributed by atoms with Gasteiger partial charge in [-0.3, -0.25) is 14.5 Å². The Morgan fingerprint density at radius 2 is 1.77 bits per heavy atom. The van der Waals surface area contributed by atoms with Crippen LogP contribution in [0.4, 0.5) is 8.78 Å². The van der Waals surface area contributed by atoms with Gasteiger partial charge in [0.05, 0.1) is 22.2 Å². The molecule has 1 aliphatic heterocycles. The number of aryl methyl sites for hydroxylation is 1. The molecule has 0 N–H and O–H groups in total. The molecule has 154 valence electrons. The van der Waals surface area contributed by atoms with Gasteiger partial charge in [-0.2, -0.15) is 5.10 Å². The lowest BCUT2D eigenvalue weighted by Crippen LogP contribution is -2.31. The SMILES string of the molecule is Cc1nn(-c2ccc(F)cc2F)c2ncc3c(c12)C(=O)N(CCc1ccccc1)C3=O. The van der Waals surface area contributed by atoms with Crippen molar-refractivity contribution in [2.75, 3.05) is 6.54 Å². The number of amides is 2. The number of fused-ring (bicyclic) bond motifs is 3. The molecule has 0 saturated carbocycles. The Morgan fingerprint density at radius 1 is 1.00 bits per heavy atom. The average Bonchev–Trinajstić information content (AvgIpc) is 3.21. The van der Waals surface area contributed by atoms with E-state index in [9.17, 15) is 18.4 Å². The first-order valence-corrected chi connectivity index (χ1v) is 9.69. The maximum absolute atomic E-state index is 14.4. The highest BCUT2D eigenvalue weighted by atomic mass is 19.1. The molecule has 0 spiro atoms. The molecule has 0 radical (unpaired) electrons. The Morgan fingerprint density at radius 3 is 2.52 bits per heavy atom. The van der Waals surface area contributed by atoms with E-state index >= 15 is 0 Å². The molecule has 2 aromatic carbocycles. The zero-order valence-electron chi connectivity index (χ0n) is 16.5. The number of benzene rings is 2. The standard InChI is InChI=1S/C23H16F2N4O2/c1-13-19-20-16(22(30)28(23(20)31)10-9-14-5-3-2-4-6-14)12-26-21(19)29(27-13)18-8-7-15(24)11-17(18)25/h2-8,11-12H,9-10H2,1H3. The van der Waals surface area contributed by atoms with Crippen LogP contribution < -0.4 is 0 Å². The molecule has 6 nitrogen and oxygen atoms in total. The van der Waals surface area contributed by atoms with E-state index in [-0.39, 0.29) is 29.0 Å². The Bertz CT molecular complexity index is 1370. The van der Waals surface area contributed by atoms with Crippen molar-refractivity contribution in [2.24, 2.45) is 0 Å². The molecule has 4 aromatic rings. The Labute approximate surface area is 175 Å². The number of carbonyl (C=O) groups excluding carboxylic acids is 2. The monoisotopic (exact) mass is 418 g/mol. The van der Waals surface area contributed by atoms with Gasteiger partial charge in [-0.15, -0.1) is 0 Å². The lowest BCUT2D eigenvalue weighted by Gasteiger charge is -2.13. The number of halogens is 2. The molecule has 0 unspecified atom stereocenters. The van der Waals surface area contributed by atoms with Gasteiger partial charge in [0.25, 0.3) is 11.8 Å². The summed E-state index contributed by atoms with van der Waals surface area (Å²) in [4.78, 5) is 31.6. The highest BCUT2D eigenvalue weighted by Gasteiger charge is 2.38. The molecule has 0 aliphatic carbocycles. The fraction of sp³-hybridized carbons (Fsp3) is 0.130. The highest BCUT2D eigenvalue weighted by molar-refractivity contribution is 6.26. The van der Waals surface area contributed by atoms with Crippen LogP contribution >= 0.6 is 0 Å². The topological polar surface area (TPSA) is 68.1 Å². The smallest absolute Gasteiger partial charge is 0.263 e. The number of pyridine rings is 1. The fourth-order valence-electron chi connectivity index (χ4n) is 3.92. The predicted molar refractivity (Wildman–Crippen MR) is 109 cm³/mol. The lowest BCUT2D eigenvalue weighted by atomic mass is 10.1. The number of hydrogen-bond acceptors (Lipinski definition) is 4. The Balaban J connectivity index is 1.57. The Kier molecular flexibility index (Phi) is 4.35. The molecule has 1 aliphatic rings. The van der Waals surface area contributed by atoms with Crippen LogP contribution in [-0.2, 0) is 6.42 Å². The largest absolute Gasteiger partial charge is 0.274 e. The van der Waals surface area contributed by atoms with Crippen LogP contribution in [0.25, 0.3) is 16.7 Å². The first-order valence-electron chi connectivity index (χ1n) is 9.69. The molecular weight excluding hydrogens is 402 g/mol. The van der Waals surface area contributed by atoms with Crippen LogP contribution in [0.15, 0.2) is 54.7 Å². The summed E-state index contributed by atoms with van der Waals surface area (Å²) in [6.45, 7) is 1.89. The number of imide groups is 1. The zero-order chi connectivity index (χ0) is 21.7. The van der Waals surface area contributed by atoms with Gasteiger partial charge in [0.2, 0.25) is 0 Å². The van der Waals surface area contributed by atoms with Gasteiger partial charge in [0.1, 0.15) is 11.5 Å². The first kappa shape index (κ1) is 19.0. The van der Waals surface area contributed by atoms with E-state index in [1.54, 1.807) is 6.92 Å². The minimum Gasteiger partial charge on any atom is -0.274 e. The summed E-state index contributed by atoms with van der Waals surface area (Å²) in [5.41, 5.74) is 2.09. The van der Waals surface area contributed by atoms with Crippen molar-refractivity contribution in [3.8, 4) is 5.69 Å². The number of hydrogen-bond donors (Lipinski definition) is 0. The van der Waals surface area contributed by atoms with Crippen molar-refractivity contribution < 1.29 is 18.4 Å². The van der Waals surface area contributed by atoms with E-state index in [1.807, 2.05) is 30.3 Å². The van der Waals surface area contributed by atoms with Crippen molar-refractivity contribution in [3.05, 3.63) is 88.7 Å². The van der Waals surface area contributed by atoms with Crippen molar-refractivity contribution in [1.82, 2.24) is 19.7 Å². The van der Waals surface area contributed by atoms with Crippen LogP contribution in [-0.4, -0.2) is 38.0 Å². The van der Waals surface area contributed by atoms with Gasteiger partial charge in [-0.1, -0.05) is 30.3 Å². The summed E-state index contributed by atoms with van der Waals surface area (Å²) in [5.74, 6) is -2.35. The summed E-state index contributed by atoms with van der Waals surface area (Å²) >= 11 is 0. The van der Waals surface area contributed by atoms with E-state index in [4.69, 9.17) is 0 Å². The second kappa shape index (κ2) is 7.09. The minimum atomic E-state index is -0.807. The van der Waals surface area contributed by atoms with Crippen LogP contribution in [0.2, 0.25) is 0 Å². The van der Waals surface area contributed by atoms with Crippen molar-refractivity contribution >= 4 is 22.8 Å². The predicted octanol–water partition coefficient (Wildman–Crippen LogP) is 3.85. The highest BCUT2D eigenvalue weighted by Crippen LogP contribution is 2.32. The third-order valence-corrected chi connectivity index (χ3v) is 5.41. The van der Waals surface area contributed by atoms with Gasteiger partial charge >= 0.3 is 0 Å². The molecule has 2 amide bonds. The number of rotatable bonds is 4. The summed E-state index contributed by atoms with van der Waals surface area (Å²) in [6.07, 6.45) is 1.85. The first-order chi connectivity index (χ1) is 15.0. The lowest BCUT2D eigenvalue weighted by molar-refractivity contribution is 0.0656. The van der Waals surface area contributed by atoms with Crippen molar-refractivity contribution in [2.45, 2.75) is 13.3 Å². The van der Waals surface area contributed by atoms with E-state index in [2.05, 4.69) is 10.1 Å². The second-order valence-corrected chi connectivity index (χ2v) is 7.34. The molecule has 5 rings (SSSR count). The van der Waals surface area contributed by atoms with E-state index < -0.39 is 23.4 Å². The summed E-state index contributed by atoms with van der Waals surface area (Å²) < 4.78 is 28.9. The molecule has 3 heterocycles. The molecule has 0 atom stereocenters. The maximum Gasteiger partial charge on any atom is 0.263 e. The molecule has 8 heteroatoms. The van der Waals surface area contributed by atoms with Crippen LogP contribution in [0.1, 0.15) is 32.0 Å². The van der Waals surface area contributed by atoms with Gasteiger partial charge in [0, 0.05) is 18.8 Å². The molecule has 31 heavy (non-hydrogen) atoms. The number of aromatic nitrogens is 3.